The molecule has 0 saturated heterocycles. The molecule has 1 N–H and O–H groups in total. The van der Waals surface area contributed by atoms with Gasteiger partial charge in [-0.3, -0.25) is 0 Å². The van der Waals surface area contributed by atoms with Crippen molar-refractivity contribution in [1.82, 2.24) is 5.48 Å². The molecule has 0 atom stereocenters. The van der Waals surface area contributed by atoms with Crippen molar-refractivity contribution in [3.05, 3.63) is 12.2 Å². The van der Waals surface area contributed by atoms with E-state index in [0.29, 0.717) is 6.42 Å². The van der Waals surface area contributed by atoms with Gasteiger partial charge in [0.2, 0.25) is 0 Å². The molecule has 0 fully saturated rings. The molecule has 4 nitrogen and oxygen atoms in total. The van der Waals surface area contributed by atoms with Crippen LogP contribution in [0, 0.1) is 0 Å². The standard InChI is InChI=1S/C21H43NO3S/c1-3-4-5-6-7-8-9-10-11-12-13-14-15-16-17-18-19-20-21-26(23,24)25-22-2/h10-11,22H,3-9,12-21H2,1-2H3/b11-10-. The van der Waals surface area contributed by atoms with Gasteiger partial charge in [-0.25, -0.2) is 0 Å². The number of hydrogen-bond donors (Lipinski definition) is 1. The van der Waals surface area contributed by atoms with Crippen LogP contribution in [0.5, 0.6) is 0 Å². The second kappa shape index (κ2) is 19.4. The summed E-state index contributed by atoms with van der Waals surface area (Å²) in [4.78, 5) is 0. The highest BCUT2D eigenvalue weighted by Gasteiger charge is 2.09. The van der Waals surface area contributed by atoms with Crippen molar-refractivity contribution in [3.8, 4) is 0 Å². The number of hydroxylamine groups is 1. The van der Waals surface area contributed by atoms with E-state index in [4.69, 9.17) is 0 Å². The molecule has 0 aliphatic carbocycles. The predicted octanol–water partition coefficient (Wildman–Crippen LogP) is 6.28. The minimum Gasteiger partial charge on any atom is -0.198 e. The van der Waals surface area contributed by atoms with Crippen LogP contribution < -0.4 is 5.48 Å². The van der Waals surface area contributed by atoms with E-state index in [2.05, 4.69) is 28.8 Å². The molecule has 156 valence electrons. The molecule has 0 amide bonds. The van der Waals surface area contributed by atoms with Gasteiger partial charge < -0.3 is 0 Å². The first kappa shape index (κ1) is 25.6. The molecule has 0 radical (unpaired) electrons. The minimum atomic E-state index is -3.37. The van der Waals surface area contributed by atoms with Crippen LogP contribution in [-0.2, 0) is 14.4 Å². The Morgan fingerprint density at radius 2 is 1.12 bits per heavy atom. The van der Waals surface area contributed by atoms with Crippen molar-refractivity contribution in [2.75, 3.05) is 12.8 Å². The first-order chi connectivity index (χ1) is 12.6. The van der Waals surface area contributed by atoms with Crippen LogP contribution in [-0.4, -0.2) is 21.2 Å². The lowest BCUT2D eigenvalue weighted by atomic mass is 10.1. The van der Waals surface area contributed by atoms with E-state index in [0.717, 1.165) is 12.8 Å². The van der Waals surface area contributed by atoms with Crippen LogP contribution in [0.4, 0.5) is 0 Å². The van der Waals surface area contributed by atoms with Crippen molar-refractivity contribution < 1.29 is 12.7 Å². The van der Waals surface area contributed by atoms with E-state index >= 15 is 0 Å². The Balaban J connectivity index is 3.21. The minimum absolute atomic E-state index is 0.110. The number of hydrogen-bond acceptors (Lipinski definition) is 4. The van der Waals surface area contributed by atoms with E-state index in [-0.39, 0.29) is 5.75 Å². The van der Waals surface area contributed by atoms with E-state index in [1.54, 1.807) is 0 Å². The molecule has 5 heteroatoms. The average Bonchev–Trinajstić information content (AvgIpc) is 2.60. The number of unbranched alkanes of at least 4 members (excludes halogenated alkanes) is 14. The molecule has 0 bridgehead atoms. The van der Waals surface area contributed by atoms with Crippen molar-refractivity contribution in [3.63, 3.8) is 0 Å². The van der Waals surface area contributed by atoms with Crippen LogP contribution in [0.3, 0.4) is 0 Å². The molecule has 0 aromatic heterocycles. The summed E-state index contributed by atoms with van der Waals surface area (Å²) in [6.07, 6.45) is 24.6. The number of allylic oxidation sites excluding steroid dienone is 2. The van der Waals surface area contributed by atoms with Crippen LogP contribution in [0.1, 0.15) is 110 Å². The fraction of sp³-hybridized carbons (Fsp3) is 0.905. The quantitative estimate of drug-likeness (QED) is 0.151. The topological polar surface area (TPSA) is 55.4 Å². The third kappa shape index (κ3) is 19.9. The number of rotatable bonds is 20. The Morgan fingerprint density at radius 3 is 1.58 bits per heavy atom. The molecule has 0 saturated carbocycles. The molecule has 0 aliphatic rings. The molecule has 0 aliphatic heterocycles. The molecule has 26 heavy (non-hydrogen) atoms. The zero-order chi connectivity index (χ0) is 19.3. The van der Waals surface area contributed by atoms with Gasteiger partial charge in [0.15, 0.2) is 0 Å². The Morgan fingerprint density at radius 1 is 0.692 bits per heavy atom. The SMILES string of the molecule is CCCCCCCC/C=C\CCCCCCCCCCS(=O)(=O)ONC. The van der Waals surface area contributed by atoms with Crippen LogP contribution in [0.2, 0.25) is 0 Å². The molecule has 0 unspecified atom stereocenters. The largest absolute Gasteiger partial charge is 0.283 e. The van der Waals surface area contributed by atoms with Crippen molar-refractivity contribution >= 4 is 10.1 Å². The summed E-state index contributed by atoms with van der Waals surface area (Å²) in [6, 6.07) is 0. The molecular formula is C21H43NO3S. The summed E-state index contributed by atoms with van der Waals surface area (Å²) in [5, 5.41) is 0. The van der Waals surface area contributed by atoms with Crippen molar-refractivity contribution in [2.45, 2.75) is 110 Å². The normalized spacial score (nSPS) is 12.2. The summed E-state index contributed by atoms with van der Waals surface area (Å²) in [6.45, 7) is 2.26. The third-order valence-corrected chi connectivity index (χ3v) is 5.83. The van der Waals surface area contributed by atoms with Gasteiger partial charge in [0, 0.05) is 7.05 Å². The molecule has 0 heterocycles. The Hall–Kier alpha value is -0.390. The summed E-state index contributed by atoms with van der Waals surface area (Å²) >= 11 is 0. The summed E-state index contributed by atoms with van der Waals surface area (Å²) < 4.78 is 27.1. The van der Waals surface area contributed by atoms with Crippen LogP contribution >= 0.6 is 0 Å². The van der Waals surface area contributed by atoms with Gasteiger partial charge in [-0.05, 0) is 32.1 Å². The van der Waals surface area contributed by atoms with E-state index < -0.39 is 10.1 Å². The zero-order valence-electron chi connectivity index (χ0n) is 17.3. The highest BCUT2D eigenvalue weighted by atomic mass is 32.2. The molecule has 0 spiro atoms. The number of nitrogens with one attached hydrogen (secondary N) is 1. The summed E-state index contributed by atoms with van der Waals surface area (Å²) in [5.74, 6) is 0.110. The molecule has 0 aromatic rings. The van der Waals surface area contributed by atoms with Crippen LogP contribution in [0.15, 0.2) is 12.2 Å². The zero-order valence-corrected chi connectivity index (χ0v) is 18.1. The maximum Gasteiger partial charge on any atom is 0.283 e. The highest BCUT2D eigenvalue weighted by Crippen LogP contribution is 2.11. The van der Waals surface area contributed by atoms with Gasteiger partial charge in [0.25, 0.3) is 10.1 Å². The molecule has 0 rings (SSSR count). The maximum atomic E-state index is 11.3. The van der Waals surface area contributed by atoms with Gasteiger partial charge in [0.1, 0.15) is 0 Å². The smallest absolute Gasteiger partial charge is 0.198 e. The van der Waals surface area contributed by atoms with Gasteiger partial charge in [-0.1, -0.05) is 89.7 Å². The fourth-order valence-electron chi connectivity index (χ4n) is 3.05. The Kier molecular flexibility index (Phi) is 19.1. The first-order valence-electron chi connectivity index (χ1n) is 10.8. The first-order valence-corrected chi connectivity index (χ1v) is 12.4. The Bertz CT molecular complexity index is 407. The summed E-state index contributed by atoms with van der Waals surface area (Å²) in [5.41, 5.74) is 2.22. The van der Waals surface area contributed by atoms with Crippen molar-refractivity contribution in [2.24, 2.45) is 0 Å². The van der Waals surface area contributed by atoms with E-state index in [9.17, 15) is 8.42 Å². The Labute approximate surface area is 163 Å². The highest BCUT2D eigenvalue weighted by molar-refractivity contribution is 7.86. The lowest BCUT2D eigenvalue weighted by Gasteiger charge is -2.03. The average molecular weight is 390 g/mol. The summed E-state index contributed by atoms with van der Waals surface area (Å²) in [7, 11) is -1.91. The van der Waals surface area contributed by atoms with Gasteiger partial charge in [-0.2, -0.15) is 18.2 Å². The van der Waals surface area contributed by atoms with Gasteiger partial charge in [-0.15, -0.1) is 0 Å². The maximum absolute atomic E-state index is 11.3. The van der Waals surface area contributed by atoms with E-state index in [1.807, 2.05) is 0 Å². The second-order valence-corrected chi connectivity index (χ2v) is 8.88. The van der Waals surface area contributed by atoms with Crippen molar-refractivity contribution in [1.29, 1.82) is 0 Å². The van der Waals surface area contributed by atoms with Gasteiger partial charge >= 0.3 is 0 Å². The fourth-order valence-corrected chi connectivity index (χ4v) is 3.94. The third-order valence-electron chi connectivity index (χ3n) is 4.62. The van der Waals surface area contributed by atoms with Crippen LogP contribution in [0.25, 0.3) is 0 Å². The van der Waals surface area contributed by atoms with E-state index in [1.165, 1.54) is 90.5 Å². The molecule has 0 aromatic carbocycles. The lowest BCUT2D eigenvalue weighted by molar-refractivity contribution is 0.231. The lowest BCUT2D eigenvalue weighted by Crippen LogP contribution is -2.18. The van der Waals surface area contributed by atoms with Gasteiger partial charge in [0.05, 0.1) is 5.75 Å². The predicted molar refractivity (Wildman–Crippen MR) is 113 cm³/mol. The molecular weight excluding hydrogens is 346 g/mol. The second-order valence-electron chi connectivity index (χ2n) is 7.19. The monoisotopic (exact) mass is 389 g/mol.